The standard InChI is InChI=1S/C11H12ClN3/c12-10-7-14-15(8-10)11-3-1-9(2-4-11)5-6-13/h1-4,7-8H,5-6,13H2. The molecule has 0 saturated carbocycles. The van der Waals surface area contributed by atoms with E-state index in [2.05, 4.69) is 17.2 Å². The van der Waals surface area contributed by atoms with Crippen molar-refractivity contribution in [2.75, 3.05) is 6.54 Å². The number of rotatable bonds is 3. The maximum Gasteiger partial charge on any atom is 0.0790 e. The first-order valence-corrected chi connectivity index (χ1v) is 5.17. The molecular formula is C11H12ClN3. The van der Waals surface area contributed by atoms with Crippen molar-refractivity contribution in [1.29, 1.82) is 0 Å². The molecule has 78 valence electrons. The average Bonchev–Trinajstić information content (AvgIpc) is 2.67. The zero-order chi connectivity index (χ0) is 10.7. The SMILES string of the molecule is NCCc1ccc(-n2cc(Cl)cn2)cc1. The maximum absolute atomic E-state index is 5.79. The molecular weight excluding hydrogens is 210 g/mol. The Morgan fingerprint density at radius 1 is 1.27 bits per heavy atom. The summed E-state index contributed by atoms with van der Waals surface area (Å²) < 4.78 is 1.74. The van der Waals surface area contributed by atoms with Crippen molar-refractivity contribution in [1.82, 2.24) is 9.78 Å². The molecule has 1 aromatic carbocycles. The van der Waals surface area contributed by atoms with Crippen molar-refractivity contribution in [3.05, 3.63) is 47.2 Å². The smallest absolute Gasteiger partial charge is 0.0790 e. The minimum Gasteiger partial charge on any atom is -0.330 e. The fraction of sp³-hybridized carbons (Fsp3) is 0.182. The predicted molar refractivity (Wildman–Crippen MR) is 61.3 cm³/mol. The van der Waals surface area contributed by atoms with Gasteiger partial charge in [0.05, 0.1) is 16.9 Å². The molecule has 2 rings (SSSR count). The Hall–Kier alpha value is -1.32. The molecule has 1 aromatic heterocycles. The van der Waals surface area contributed by atoms with E-state index in [1.165, 1.54) is 5.56 Å². The number of halogens is 1. The lowest BCUT2D eigenvalue weighted by atomic mass is 10.1. The van der Waals surface area contributed by atoms with Gasteiger partial charge in [0.1, 0.15) is 0 Å². The lowest BCUT2D eigenvalue weighted by Gasteiger charge is -2.02. The molecule has 0 spiro atoms. The van der Waals surface area contributed by atoms with Gasteiger partial charge in [0.25, 0.3) is 0 Å². The fourth-order valence-electron chi connectivity index (χ4n) is 1.42. The number of hydrogen-bond acceptors (Lipinski definition) is 2. The first-order valence-electron chi connectivity index (χ1n) is 4.79. The number of nitrogens with zero attached hydrogens (tertiary/aromatic N) is 2. The van der Waals surface area contributed by atoms with E-state index in [1.807, 2.05) is 12.1 Å². The highest BCUT2D eigenvalue weighted by Crippen LogP contribution is 2.12. The third-order valence-corrected chi connectivity index (χ3v) is 2.38. The van der Waals surface area contributed by atoms with Crippen molar-refractivity contribution >= 4 is 11.6 Å². The molecule has 4 heteroatoms. The van der Waals surface area contributed by atoms with Gasteiger partial charge in [-0.25, -0.2) is 4.68 Å². The zero-order valence-electron chi connectivity index (χ0n) is 8.23. The Morgan fingerprint density at radius 2 is 2.00 bits per heavy atom. The van der Waals surface area contributed by atoms with E-state index in [9.17, 15) is 0 Å². The Balaban J connectivity index is 2.23. The second-order valence-electron chi connectivity index (χ2n) is 3.31. The van der Waals surface area contributed by atoms with Gasteiger partial charge in [-0.2, -0.15) is 5.10 Å². The summed E-state index contributed by atoms with van der Waals surface area (Å²) in [4.78, 5) is 0. The molecule has 3 nitrogen and oxygen atoms in total. The molecule has 0 saturated heterocycles. The van der Waals surface area contributed by atoms with Crippen molar-refractivity contribution in [2.24, 2.45) is 5.73 Å². The summed E-state index contributed by atoms with van der Waals surface area (Å²) >= 11 is 5.79. The van der Waals surface area contributed by atoms with Crippen molar-refractivity contribution in [3.63, 3.8) is 0 Å². The van der Waals surface area contributed by atoms with Gasteiger partial charge < -0.3 is 5.73 Å². The molecule has 0 aliphatic heterocycles. The third-order valence-electron chi connectivity index (χ3n) is 2.18. The van der Waals surface area contributed by atoms with Gasteiger partial charge in [0.2, 0.25) is 0 Å². The molecule has 0 radical (unpaired) electrons. The summed E-state index contributed by atoms with van der Waals surface area (Å²) in [5.41, 5.74) is 7.72. The predicted octanol–water partition coefficient (Wildman–Crippen LogP) is 2.03. The Bertz CT molecular complexity index is 433. The van der Waals surface area contributed by atoms with E-state index in [4.69, 9.17) is 17.3 Å². The molecule has 2 N–H and O–H groups in total. The molecule has 0 atom stereocenters. The quantitative estimate of drug-likeness (QED) is 0.862. The minimum absolute atomic E-state index is 0.640. The monoisotopic (exact) mass is 221 g/mol. The molecule has 1 heterocycles. The van der Waals surface area contributed by atoms with Crippen LogP contribution in [0.4, 0.5) is 0 Å². The average molecular weight is 222 g/mol. The second kappa shape index (κ2) is 4.47. The van der Waals surface area contributed by atoms with Gasteiger partial charge in [-0.1, -0.05) is 23.7 Å². The molecule has 0 bridgehead atoms. The van der Waals surface area contributed by atoms with Crippen LogP contribution in [0, 0.1) is 0 Å². The molecule has 0 fully saturated rings. The van der Waals surface area contributed by atoms with Crippen LogP contribution >= 0.6 is 11.6 Å². The Labute approximate surface area is 93.5 Å². The summed E-state index contributed by atoms with van der Waals surface area (Å²) in [7, 11) is 0. The van der Waals surface area contributed by atoms with E-state index in [0.29, 0.717) is 11.6 Å². The highest BCUT2D eigenvalue weighted by molar-refractivity contribution is 6.30. The molecule has 0 amide bonds. The number of hydrogen-bond donors (Lipinski definition) is 1. The summed E-state index contributed by atoms with van der Waals surface area (Å²) in [6.45, 7) is 0.674. The molecule has 15 heavy (non-hydrogen) atoms. The van der Waals surface area contributed by atoms with Crippen LogP contribution in [-0.4, -0.2) is 16.3 Å². The van der Waals surface area contributed by atoms with E-state index in [0.717, 1.165) is 12.1 Å². The Morgan fingerprint density at radius 3 is 2.53 bits per heavy atom. The highest BCUT2D eigenvalue weighted by Gasteiger charge is 1.98. The minimum atomic E-state index is 0.640. The van der Waals surface area contributed by atoms with Crippen LogP contribution in [0.3, 0.4) is 0 Å². The lowest BCUT2D eigenvalue weighted by Crippen LogP contribution is -2.02. The third kappa shape index (κ3) is 2.37. The van der Waals surface area contributed by atoms with Gasteiger partial charge in [-0.05, 0) is 30.7 Å². The van der Waals surface area contributed by atoms with Crippen LogP contribution in [0.25, 0.3) is 5.69 Å². The summed E-state index contributed by atoms with van der Waals surface area (Å²) in [5.74, 6) is 0. The lowest BCUT2D eigenvalue weighted by molar-refractivity contribution is 0.877. The van der Waals surface area contributed by atoms with Crippen LogP contribution in [0.5, 0.6) is 0 Å². The molecule has 2 aromatic rings. The zero-order valence-corrected chi connectivity index (χ0v) is 8.98. The topological polar surface area (TPSA) is 43.8 Å². The van der Waals surface area contributed by atoms with E-state index in [-0.39, 0.29) is 0 Å². The number of aromatic nitrogens is 2. The molecule has 0 aliphatic rings. The van der Waals surface area contributed by atoms with Crippen LogP contribution in [-0.2, 0) is 6.42 Å². The maximum atomic E-state index is 5.79. The Kier molecular flexibility index (Phi) is 3.04. The van der Waals surface area contributed by atoms with E-state index < -0.39 is 0 Å². The van der Waals surface area contributed by atoms with Crippen molar-refractivity contribution in [2.45, 2.75) is 6.42 Å². The normalized spacial score (nSPS) is 10.5. The molecule has 0 unspecified atom stereocenters. The highest BCUT2D eigenvalue weighted by atomic mass is 35.5. The van der Waals surface area contributed by atoms with Gasteiger partial charge in [0, 0.05) is 6.20 Å². The summed E-state index contributed by atoms with van der Waals surface area (Å²) in [5, 5.41) is 4.76. The first-order chi connectivity index (χ1) is 7.29. The molecule has 0 aliphatic carbocycles. The van der Waals surface area contributed by atoms with Crippen molar-refractivity contribution in [3.8, 4) is 5.69 Å². The number of nitrogens with two attached hydrogens (primary N) is 1. The van der Waals surface area contributed by atoms with Gasteiger partial charge in [-0.15, -0.1) is 0 Å². The largest absolute Gasteiger partial charge is 0.330 e. The summed E-state index contributed by atoms with van der Waals surface area (Å²) in [6.07, 6.45) is 4.30. The van der Waals surface area contributed by atoms with Crippen LogP contribution < -0.4 is 5.73 Å². The number of benzene rings is 1. The summed E-state index contributed by atoms with van der Waals surface area (Å²) in [6, 6.07) is 8.12. The first kappa shape index (κ1) is 10.2. The van der Waals surface area contributed by atoms with Crippen LogP contribution in [0.1, 0.15) is 5.56 Å². The van der Waals surface area contributed by atoms with Gasteiger partial charge >= 0.3 is 0 Å². The van der Waals surface area contributed by atoms with E-state index >= 15 is 0 Å². The van der Waals surface area contributed by atoms with Crippen LogP contribution in [0.2, 0.25) is 5.02 Å². The van der Waals surface area contributed by atoms with Crippen LogP contribution in [0.15, 0.2) is 36.7 Å². The van der Waals surface area contributed by atoms with E-state index in [1.54, 1.807) is 17.1 Å². The fourth-order valence-corrected chi connectivity index (χ4v) is 1.56. The second-order valence-corrected chi connectivity index (χ2v) is 3.74. The van der Waals surface area contributed by atoms with Gasteiger partial charge in [0.15, 0.2) is 0 Å². The van der Waals surface area contributed by atoms with Crippen molar-refractivity contribution < 1.29 is 0 Å². The van der Waals surface area contributed by atoms with Gasteiger partial charge in [-0.3, -0.25) is 0 Å².